The number of likely N-dealkylation sites (N-methyl/N-ethyl adjacent to an activating group) is 2. The average Bonchev–Trinajstić information content (AvgIpc) is 2.58. The van der Waals surface area contributed by atoms with Gasteiger partial charge in [0.15, 0.2) is 0 Å². The van der Waals surface area contributed by atoms with Gasteiger partial charge in [0, 0.05) is 23.8 Å². The molecule has 0 saturated heterocycles. The topological polar surface area (TPSA) is 52.7 Å². The number of amides is 2. The molecule has 0 radical (unpaired) electrons. The summed E-state index contributed by atoms with van der Waals surface area (Å²) in [6.07, 6.45) is 0. The first-order valence-electron chi connectivity index (χ1n) is 8.37. The van der Waals surface area contributed by atoms with Crippen LogP contribution in [0, 0.1) is 6.92 Å². The molecule has 2 aromatic carbocycles. The number of carbonyl (C=O) groups excluding carboxylic acids is 2. The van der Waals surface area contributed by atoms with Gasteiger partial charge in [0.2, 0.25) is 11.8 Å². The summed E-state index contributed by atoms with van der Waals surface area (Å²) in [6, 6.07) is 15.5. The molecule has 1 N–H and O–H groups in total. The summed E-state index contributed by atoms with van der Waals surface area (Å²) in [5.74, 6) is -0.309. The molecule has 0 bridgehead atoms. The molecule has 0 spiro atoms. The number of rotatable bonds is 7. The highest BCUT2D eigenvalue weighted by molar-refractivity contribution is 9.10. The molecule has 0 saturated carbocycles. The van der Waals surface area contributed by atoms with Crippen LogP contribution in [-0.2, 0) is 16.1 Å². The molecule has 138 valence electrons. The molecule has 2 rings (SSSR count). The third-order valence-corrected chi connectivity index (χ3v) is 4.72. The van der Waals surface area contributed by atoms with E-state index >= 15 is 0 Å². The third kappa shape index (κ3) is 6.28. The first-order valence-corrected chi connectivity index (χ1v) is 9.17. The van der Waals surface area contributed by atoms with Crippen LogP contribution in [-0.4, -0.2) is 48.8 Å². The zero-order valence-electron chi connectivity index (χ0n) is 15.3. The van der Waals surface area contributed by atoms with Crippen molar-refractivity contribution in [1.82, 2.24) is 9.80 Å². The van der Waals surface area contributed by atoms with Crippen LogP contribution >= 0.6 is 15.9 Å². The van der Waals surface area contributed by atoms with Crippen molar-refractivity contribution in [3.8, 4) is 0 Å². The number of carbonyl (C=O) groups is 2. The standard InChI is InChI=1S/C20H24BrN3O2/c1-15-8-10-17(11-9-15)22-19(25)13-24(3)20(26)14-23(2)12-16-6-4-5-7-18(16)21/h4-11H,12-14H2,1-3H3,(H,22,25). The molecule has 5 nitrogen and oxygen atoms in total. The number of aryl methyl sites for hydroxylation is 1. The van der Waals surface area contributed by atoms with Gasteiger partial charge in [0.05, 0.1) is 13.1 Å². The van der Waals surface area contributed by atoms with Crippen LogP contribution in [0.1, 0.15) is 11.1 Å². The monoisotopic (exact) mass is 417 g/mol. The van der Waals surface area contributed by atoms with Crippen LogP contribution in [0.5, 0.6) is 0 Å². The highest BCUT2D eigenvalue weighted by atomic mass is 79.9. The van der Waals surface area contributed by atoms with Gasteiger partial charge in [-0.2, -0.15) is 0 Å². The number of hydrogen-bond donors (Lipinski definition) is 1. The number of hydrogen-bond acceptors (Lipinski definition) is 3. The molecule has 0 unspecified atom stereocenters. The minimum Gasteiger partial charge on any atom is -0.335 e. The second-order valence-electron chi connectivity index (χ2n) is 6.43. The van der Waals surface area contributed by atoms with Crippen molar-refractivity contribution >= 4 is 33.4 Å². The van der Waals surface area contributed by atoms with E-state index in [4.69, 9.17) is 0 Å². The lowest BCUT2D eigenvalue weighted by molar-refractivity contribution is -0.134. The molecule has 0 aromatic heterocycles. The fourth-order valence-corrected chi connectivity index (χ4v) is 2.88. The molecule has 0 aliphatic carbocycles. The minimum atomic E-state index is -0.210. The maximum absolute atomic E-state index is 12.4. The van der Waals surface area contributed by atoms with Crippen LogP contribution < -0.4 is 5.32 Å². The van der Waals surface area contributed by atoms with Gasteiger partial charge < -0.3 is 10.2 Å². The number of nitrogens with zero attached hydrogens (tertiary/aromatic N) is 2. The van der Waals surface area contributed by atoms with Gasteiger partial charge in [-0.1, -0.05) is 51.8 Å². The number of benzene rings is 2. The summed E-state index contributed by atoms with van der Waals surface area (Å²) in [7, 11) is 3.53. The molecule has 26 heavy (non-hydrogen) atoms. The van der Waals surface area contributed by atoms with Gasteiger partial charge in [-0.3, -0.25) is 14.5 Å². The molecular formula is C20H24BrN3O2. The van der Waals surface area contributed by atoms with Crippen molar-refractivity contribution in [3.63, 3.8) is 0 Å². The second-order valence-corrected chi connectivity index (χ2v) is 7.28. The van der Waals surface area contributed by atoms with E-state index in [1.54, 1.807) is 7.05 Å². The molecular weight excluding hydrogens is 394 g/mol. The molecule has 0 aliphatic heterocycles. The van der Waals surface area contributed by atoms with Crippen molar-refractivity contribution in [2.45, 2.75) is 13.5 Å². The molecule has 2 aromatic rings. The van der Waals surface area contributed by atoms with E-state index in [1.807, 2.05) is 67.4 Å². The summed E-state index contributed by atoms with van der Waals surface area (Å²) >= 11 is 3.51. The summed E-state index contributed by atoms with van der Waals surface area (Å²) in [4.78, 5) is 27.8. The van der Waals surface area contributed by atoms with Gasteiger partial charge in [0.25, 0.3) is 0 Å². The maximum atomic E-state index is 12.4. The van der Waals surface area contributed by atoms with Crippen LogP contribution in [0.4, 0.5) is 5.69 Å². The lowest BCUT2D eigenvalue weighted by Crippen LogP contribution is -2.40. The lowest BCUT2D eigenvalue weighted by atomic mass is 10.2. The van der Waals surface area contributed by atoms with Crippen LogP contribution in [0.2, 0.25) is 0 Å². The second kappa shape index (κ2) is 9.50. The van der Waals surface area contributed by atoms with E-state index in [0.717, 1.165) is 21.3 Å². The van der Waals surface area contributed by atoms with E-state index in [-0.39, 0.29) is 24.9 Å². The van der Waals surface area contributed by atoms with E-state index in [2.05, 4.69) is 21.2 Å². The number of anilines is 1. The predicted octanol–water partition coefficient (Wildman–Crippen LogP) is 3.29. The van der Waals surface area contributed by atoms with E-state index < -0.39 is 0 Å². The molecule has 0 heterocycles. The Balaban J connectivity index is 1.81. The van der Waals surface area contributed by atoms with Crippen LogP contribution in [0.15, 0.2) is 53.0 Å². The molecule has 6 heteroatoms. The Morgan fingerprint density at radius 1 is 1.00 bits per heavy atom. The number of halogens is 1. The summed E-state index contributed by atoms with van der Waals surface area (Å²) in [5, 5.41) is 2.80. The van der Waals surface area contributed by atoms with Crippen molar-refractivity contribution in [3.05, 3.63) is 64.1 Å². The first kappa shape index (κ1) is 20.1. The van der Waals surface area contributed by atoms with Crippen molar-refractivity contribution in [2.75, 3.05) is 32.5 Å². The van der Waals surface area contributed by atoms with E-state index in [0.29, 0.717) is 6.54 Å². The van der Waals surface area contributed by atoms with Crippen LogP contribution in [0.25, 0.3) is 0 Å². The Kier molecular flexibility index (Phi) is 7.36. The SMILES string of the molecule is Cc1ccc(NC(=O)CN(C)C(=O)CN(C)Cc2ccccc2Br)cc1. The highest BCUT2D eigenvalue weighted by Crippen LogP contribution is 2.17. The lowest BCUT2D eigenvalue weighted by Gasteiger charge is -2.22. The largest absolute Gasteiger partial charge is 0.335 e. The Hall–Kier alpha value is -2.18. The summed E-state index contributed by atoms with van der Waals surface area (Å²) in [6.45, 7) is 2.91. The number of nitrogens with one attached hydrogen (secondary N) is 1. The Bertz CT molecular complexity index is 762. The van der Waals surface area contributed by atoms with Crippen molar-refractivity contribution in [1.29, 1.82) is 0 Å². The fraction of sp³-hybridized carbons (Fsp3) is 0.300. The van der Waals surface area contributed by atoms with E-state index in [9.17, 15) is 9.59 Å². The van der Waals surface area contributed by atoms with Crippen LogP contribution in [0.3, 0.4) is 0 Å². The average molecular weight is 418 g/mol. The molecule has 0 fully saturated rings. The first-order chi connectivity index (χ1) is 12.3. The minimum absolute atomic E-state index is 0.0234. The molecule has 0 aliphatic rings. The Morgan fingerprint density at radius 3 is 2.31 bits per heavy atom. The predicted molar refractivity (Wildman–Crippen MR) is 108 cm³/mol. The molecule has 0 atom stereocenters. The zero-order chi connectivity index (χ0) is 19.1. The third-order valence-electron chi connectivity index (χ3n) is 3.95. The van der Waals surface area contributed by atoms with Crippen molar-refractivity contribution < 1.29 is 9.59 Å². The normalized spacial score (nSPS) is 10.7. The Labute approximate surface area is 163 Å². The maximum Gasteiger partial charge on any atom is 0.243 e. The quantitative estimate of drug-likeness (QED) is 0.751. The highest BCUT2D eigenvalue weighted by Gasteiger charge is 2.15. The van der Waals surface area contributed by atoms with Gasteiger partial charge in [-0.05, 0) is 37.7 Å². The Morgan fingerprint density at radius 2 is 1.65 bits per heavy atom. The van der Waals surface area contributed by atoms with Gasteiger partial charge >= 0.3 is 0 Å². The summed E-state index contributed by atoms with van der Waals surface area (Å²) < 4.78 is 1.02. The summed E-state index contributed by atoms with van der Waals surface area (Å²) in [5.41, 5.74) is 2.97. The van der Waals surface area contributed by atoms with Crippen molar-refractivity contribution in [2.24, 2.45) is 0 Å². The van der Waals surface area contributed by atoms with Gasteiger partial charge in [0.1, 0.15) is 0 Å². The molecule has 2 amide bonds. The fourth-order valence-electron chi connectivity index (χ4n) is 2.47. The zero-order valence-corrected chi connectivity index (χ0v) is 16.9. The smallest absolute Gasteiger partial charge is 0.243 e. The van der Waals surface area contributed by atoms with E-state index in [1.165, 1.54) is 4.90 Å². The van der Waals surface area contributed by atoms with Gasteiger partial charge in [-0.15, -0.1) is 0 Å². The van der Waals surface area contributed by atoms with Gasteiger partial charge in [-0.25, -0.2) is 0 Å².